The van der Waals surface area contributed by atoms with Gasteiger partial charge in [0.25, 0.3) is 0 Å². The number of aromatic nitrogens is 1. The first-order valence-corrected chi connectivity index (χ1v) is 6.67. The van der Waals surface area contributed by atoms with E-state index in [1.54, 1.807) is 26.2 Å². The number of rotatable bonds is 5. The van der Waals surface area contributed by atoms with Gasteiger partial charge in [0.15, 0.2) is 0 Å². The third-order valence-electron chi connectivity index (χ3n) is 3.36. The minimum Gasteiger partial charge on any atom is -0.462 e. The van der Waals surface area contributed by atoms with Crippen molar-refractivity contribution in [3.63, 3.8) is 0 Å². The van der Waals surface area contributed by atoms with Crippen molar-refractivity contribution in [2.45, 2.75) is 38.3 Å². The molecule has 5 nitrogen and oxygen atoms in total. The molecule has 1 aromatic rings. The Balaban J connectivity index is 1.97. The van der Waals surface area contributed by atoms with Crippen molar-refractivity contribution >= 4 is 11.8 Å². The highest BCUT2D eigenvalue weighted by Crippen LogP contribution is 2.24. The molecule has 1 fully saturated rings. The molecule has 1 aliphatic carbocycles. The first-order chi connectivity index (χ1) is 9.24. The average molecular weight is 264 g/mol. The van der Waals surface area contributed by atoms with Gasteiger partial charge in [-0.1, -0.05) is 0 Å². The molecule has 0 aliphatic heterocycles. The molecule has 0 spiro atoms. The van der Waals surface area contributed by atoms with Crippen LogP contribution in [0.3, 0.4) is 0 Å². The molecule has 1 aromatic heterocycles. The Morgan fingerprint density at radius 3 is 2.95 bits per heavy atom. The van der Waals surface area contributed by atoms with E-state index < -0.39 is 0 Å². The number of hydrogen-bond donors (Lipinski definition) is 1. The number of hydrogen-bond acceptors (Lipinski definition) is 5. The number of ether oxygens (including phenoxy) is 2. The quantitative estimate of drug-likeness (QED) is 0.826. The Morgan fingerprint density at radius 2 is 2.32 bits per heavy atom. The molecule has 0 amide bonds. The van der Waals surface area contributed by atoms with E-state index in [0.717, 1.165) is 25.1 Å². The molecular weight excluding hydrogens is 244 g/mol. The van der Waals surface area contributed by atoms with Gasteiger partial charge in [0, 0.05) is 13.3 Å². The van der Waals surface area contributed by atoms with Gasteiger partial charge in [-0.3, -0.25) is 0 Å². The maximum absolute atomic E-state index is 11.5. The number of carbonyl (C=O) groups is 1. The predicted molar refractivity (Wildman–Crippen MR) is 72.3 cm³/mol. The van der Waals surface area contributed by atoms with Crippen LogP contribution in [0.4, 0.5) is 5.82 Å². The van der Waals surface area contributed by atoms with Crippen molar-refractivity contribution in [2.24, 2.45) is 0 Å². The summed E-state index contributed by atoms with van der Waals surface area (Å²) in [6.07, 6.45) is 5.11. The number of carbonyl (C=O) groups excluding carboxylic acids is 1. The van der Waals surface area contributed by atoms with Crippen molar-refractivity contribution in [3.8, 4) is 0 Å². The van der Waals surface area contributed by atoms with Gasteiger partial charge in [-0.2, -0.15) is 0 Å². The molecule has 0 radical (unpaired) electrons. The third kappa shape index (κ3) is 3.44. The summed E-state index contributed by atoms with van der Waals surface area (Å²) in [4.78, 5) is 15.7. The van der Waals surface area contributed by atoms with E-state index >= 15 is 0 Å². The van der Waals surface area contributed by atoms with Gasteiger partial charge in [-0.15, -0.1) is 0 Å². The van der Waals surface area contributed by atoms with E-state index in [9.17, 15) is 4.79 Å². The minimum absolute atomic E-state index is 0.242. The van der Waals surface area contributed by atoms with Gasteiger partial charge in [0.05, 0.1) is 24.3 Å². The monoisotopic (exact) mass is 264 g/mol. The summed E-state index contributed by atoms with van der Waals surface area (Å²) in [5.74, 6) is 0.430. The van der Waals surface area contributed by atoms with Crippen LogP contribution in [0.15, 0.2) is 18.3 Å². The summed E-state index contributed by atoms with van der Waals surface area (Å²) in [5.41, 5.74) is 0.474. The maximum atomic E-state index is 11.5. The molecule has 0 bridgehead atoms. The second kappa shape index (κ2) is 6.52. The first-order valence-electron chi connectivity index (χ1n) is 6.67. The van der Waals surface area contributed by atoms with E-state index in [-0.39, 0.29) is 12.1 Å². The fraction of sp³-hybridized carbons (Fsp3) is 0.571. The van der Waals surface area contributed by atoms with Gasteiger partial charge in [0.1, 0.15) is 5.82 Å². The number of anilines is 1. The summed E-state index contributed by atoms with van der Waals surface area (Å²) in [6, 6.07) is 3.83. The fourth-order valence-electron chi connectivity index (χ4n) is 2.38. The molecule has 1 heterocycles. The van der Waals surface area contributed by atoms with Crippen molar-refractivity contribution in [1.29, 1.82) is 0 Å². The topological polar surface area (TPSA) is 60.5 Å². The second-order valence-electron chi connectivity index (χ2n) is 4.61. The molecule has 2 rings (SSSR count). The van der Waals surface area contributed by atoms with Gasteiger partial charge in [-0.05, 0) is 38.3 Å². The van der Waals surface area contributed by atoms with Crippen LogP contribution in [-0.2, 0) is 9.47 Å². The summed E-state index contributed by atoms with van der Waals surface area (Å²) in [7, 11) is 1.74. The molecule has 2 atom stereocenters. The van der Waals surface area contributed by atoms with Crippen LogP contribution in [-0.4, -0.2) is 36.8 Å². The van der Waals surface area contributed by atoms with E-state index in [1.807, 2.05) is 0 Å². The van der Waals surface area contributed by atoms with Crippen molar-refractivity contribution < 1.29 is 14.3 Å². The number of nitrogens with one attached hydrogen (secondary N) is 1. The minimum atomic E-state index is -0.336. The van der Waals surface area contributed by atoms with Crippen LogP contribution < -0.4 is 5.32 Å². The number of esters is 1. The summed E-state index contributed by atoms with van der Waals surface area (Å²) in [6.45, 7) is 2.16. The SMILES string of the molecule is CCOC(=O)c1ccc(NC2CCCC2OC)nc1. The van der Waals surface area contributed by atoms with Gasteiger partial charge >= 0.3 is 5.97 Å². The number of pyridine rings is 1. The highest BCUT2D eigenvalue weighted by molar-refractivity contribution is 5.89. The van der Waals surface area contributed by atoms with Crippen LogP contribution in [0.2, 0.25) is 0 Å². The van der Waals surface area contributed by atoms with Crippen molar-refractivity contribution in [3.05, 3.63) is 23.9 Å². The lowest BCUT2D eigenvalue weighted by Gasteiger charge is -2.20. The summed E-state index contributed by atoms with van der Waals surface area (Å²) < 4.78 is 10.3. The smallest absolute Gasteiger partial charge is 0.339 e. The molecular formula is C14H20N2O3. The largest absolute Gasteiger partial charge is 0.462 e. The van der Waals surface area contributed by atoms with Gasteiger partial charge < -0.3 is 14.8 Å². The van der Waals surface area contributed by atoms with Crippen LogP contribution in [0, 0.1) is 0 Å². The molecule has 1 saturated carbocycles. The lowest BCUT2D eigenvalue weighted by Crippen LogP contribution is -2.30. The fourth-order valence-corrected chi connectivity index (χ4v) is 2.38. The zero-order valence-electron chi connectivity index (χ0n) is 11.4. The maximum Gasteiger partial charge on any atom is 0.339 e. The Hall–Kier alpha value is -1.62. The number of methoxy groups -OCH3 is 1. The molecule has 0 saturated heterocycles. The standard InChI is InChI=1S/C14H20N2O3/c1-3-19-14(17)10-7-8-13(15-9-10)16-11-5-4-6-12(11)18-2/h7-9,11-12H,3-6H2,1-2H3,(H,15,16). The molecule has 2 unspecified atom stereocenters. The van der Waals surface area contributed by atoms with Crippen molar-refractivity contribution in [2.75, 3.05) is 19.0 Å². The lowest BCUT2D eigenvalue weighted by atomic mass is 10.2. The van der Waals surface area contributed by atoms with E-state index in [0.29, 0.717) is 18.2 Å². The third-order valence-corrected chi connectivity index (χ3v) is 3.36. The van der Waals surface area contributed by atoms with E-state index in [1.165, 1.54) is 6.20 Å². The van der Waals surface area contributed by atoms with E-state index in [2.05, 4.69) is 10.3 Å². The second-order valence-corrected chi connectivity index (χ2v) is 4.61. The Morgan fingerprint density at radius 1 is 1.47 bits per heavy atom. The first kappa shape index (κ1) is 13.8. The normalized spacial score (nSPS) is 22.2. The predicted octanol–water partition coefficient (Wildman–Crippen LogP) is 2.24. The Kier molecular flexibility index (Phi) is 4.74. The van der Waals surface area contributed by atoms with Crippen LogP contribution in [0.25, 0.3) is 0 Å². The molecule has 0 aromatic carbocycles. The van der Waals surface area contributed by atoms with Crippen molar-refractivity contribution in [1.82, 2.24) is 4.98 Å². The lowest BCUT2D eigenvalue weighted by molar-refractivity contribution is 0.0526. The molecule has 19 heavy (non-hydrogen) atoms. The molecule has 1 aliphatic rings. The van der Waals surface area contributed by atoms with Crippen LogP contribution >= 0.6 is 0 Å². The highest BCUT2D eigenvalue weighted by atomic mass is 16.5. The van der Waals surface area contributed by atoms with Crippen LogP contribution in [0.5, 0.6) is 0 Å². The molecule has 1 N–H and O–H groups in total. The molecule has 5 heteroatoms. The summed E-state index contributed by atoms with van der Waals surface area (Å²) in [5, 5.41) is 3.35. The summed E-state index contributed by atoms with van der Waals surface area (Å²) >= 11 is 0. The zero-order valence-corrected chi connectivity index (χ0v) is 11.4. The highest BCUT2D eigenvalue weighted by Gasteiger charge is 2.27. The van der Waals surface area contributed by atoms with E-state index in [4.69, 9.17) is 9.47 Å². The average Bonchev–Trinajstić information content (AvgIpc) is 2.87. The van der Waals surface area contributed by atoms with Gasteiger partial charge in [0.2, 0.25) is 0 Å². The number of nitrogens with zero attached hydrogens (tertiary/aromatic N) is 1. The Labute approximate surface area is 113 Å². The molecule has 104 valence electrons. The Bertz CT molecular complexity index is 419. The van der Waals surface area contributed by atoms with Crippen LogP contribution in [0.1, 0.15) is 36.5 Å². The van der Waals surface area contributed by atoms with Gasteiger partial charge in [-0.25, -0.2) is 9.78 Å². The zero-order chi connectivity index (χ0) is 13.7.